The summed E-state index contributed by atoms with van der Waals surface area (Å²) in [5.41, 5.74) is -0.0327. The maximum absolute atomic E-state index is 11.7. The van der Waals surface area contributed by atoms with Gasteiger partial charge in [-0.15, -0.1) is 0 Å². The van der Waals surface area contributed by atoms with Crippen LogP contribution in [-0.2, 0) is 9.53 Å². The largest absolute Gasteiger partial charge is 0.497 e. The SMILES string of the molecule is COc1ccc(OCCCC(=O)OCCCCCNc2ccc([N+](=O)[O-])cn2)cc1. The standard InChI is InChI=1S/C21H27N3O6/c1-28-18-8-10-19(11-9-18)29-15-5-6-21(25)30-14-4-2-3-13-22-20-12-7-17(16-23-20)24(26)27/h7-12,16H,2-6,13-15H2,1H3,(H,22,23). The lowest BCUT2D eigenvalue weighted by atomic mass is 10.2. The van der Waals surface area contributed by atoms with Gasteiger partial charge in [-0.2, -0.15) is 0 Å². The molecule has 0 aliphatic heterocycles. The summed E-state index contributed by atoms with van der Waals surface area (Å²) < 4.78 is 15.9. The molecule has 0 saturated carbocycles. The normalized spacial score (nSPS) is 10.3. The Balaban J connectivity index is 1.44. The number of benzene rings is 1. The van der Waals surface area contributed by atoms with Gasteiger partial charge in [0.1, 0.15) is 23.5 Å². The van der Waals surface area contributed by atoms with Gasteiger partial charge in [0.05, 0.1) is 25.2 Å². The number of nitro groups is 1. The van der Waals surface area contributed by atoms with Crippen LogP contribution in [0.4, 0.5) is 11.5 Å². The van der Waals surface area contributed by atoms with Gasteiger partial charge in [-0.25, -0.2) is 4.98 Å². The average Bonchev–Trinajstić information content (AvgIpc) is 2.76. The summed E-state index contributed by atoms with van der Waals surface area (Å²) in [4.78, 5) is 25.8. The molecule has 0 spiro atoms. The fraction of sp³-hybridized carbons (Fsp3) is 0.429. The predicted molar refractivity (Wildman–Crippen MR) is 112 cm³/mol. The molecule has 0 atom stereocenters. The Bertz CT molecular complexity index is 780. The van der Waals surface area contributed by atoms with E-state index < -0.39 is 4.92 Å². The Hall–Kier alpha value is -3.36. The van der Waals surface area contributed by atoms with Crippen LogP contribution in [0.1, 0.15) is 32.1 Å². The van der Waals surface area contributed by atoms with Gasteiger partial charge >= 0.3 is 5.97 Å². The summed E-state index contributed by atoms with van der Waals surface area (Å²) in [5.74, 6) is 1.89. The number of esters is 1. The van der Waals surface area contributed by atoms with Gasteiger partial charge in [0.2, 0.25) is 0 Å². The number of nitrogens with zero attached hydrogens (tertiary/aromatic N) is 2. The number of carbonyl (C=O) groups excluding carboxylic acids is 1. The van der Waals surface area contributed by atoms with Crippen LogP contribution in [0.2, 0.25) is 0 Å². The molecule has 2 aromatic rings. The van der Waals surface area contributed by atoms with Crippen molar-refractivity contribution >= 4 is 17.5 Å². The van der Waals surface area contributed by atoms with E-state index in [1.165, 1.54) is 12.3 Å². The van der Waals surface area contributed by atoms with Gasteiger partial charge in [-0.1, -0.05) is 0 Å². The van der Waals surface area contributed by atoms with Crippen molar-refractivity contribution in [1.29, 1.82) is 0 Å². The van der Waals surface area contributed by atoms with Gasteiger partial charge in [-0.05, 0) is 56.0 Å². The first-order chi connectivity index (χ1) is 14.6. The third-order valence-electron chi connectivity index (χ3n) is 4.20. The molecule has 2 rings (SSSR count). The second kappa shape index (κ2) is 13.0. The van der Waals surface area contributed by atoms with Crippen LogP contribution >= 0.6 is 0 Å². The smallest absolute Gasteiger partial charge is 0.305 e. The van der Waals surface area contributed by atoms with E-state index in [1.54, 1.807) is 13.2 Å². The van der Waals surface area contributed by atoms with Crippen molar-refractivity contribution in [2.24, 2.45) is 0 Å². The molecule has 0 bridgehead atoms. The summed E-state index contributed by atoms with van der Waals surface area (Å²) in [5, 5.41) is 13.7. The Morgan fingerprint density at radius 1 is 1.03 bits per heavy atom. The van der Waals surface area contributed by atoms with Crippen molar-refractivity contribution in [3.8, 4) is 11.5 Å². The molecule has 0 amide bonds. The number of nitrogens with one attached hydrogen (secondary N) is 1. The zero-order valence-electron chi connectivity index (χ0n) is 17.0. The van der Waals surface area contributed by atoms with E-state index in [-0.39, 0.29) is 11.7 Å². The van der Waals surface area contributed by atoms with Crippen molar-refractivity contribution in [2.45, 2.75) is 32.1 Å². The van der Waals surface area contributed by atoms with Gasteiger partial charge in [0.25, 0.3) is 5.69 Å². The van der Waals surface area contributed by atoms with E-state index in [9.17, 15) is 14.9 Å². The highest BCUT2D eigenvalue weighted by atomic mass is 16.6. The van der Waals surface area contributed by atoms with Crippen molar-refractivity contribution in [2.75, 3.05) is 32.2 Å². The maximum atomic E-state index is 11.7. The summed E-state index contributed by atoms with van der Waals surface area (Å²) in [6.45, 7) is 1.54. The first-order valence-electron chi connectivity index (χ1n) is 9.85. The lowest BCUT2D eigenvalue weighted by Crippen LogP contribution is -2.09. The number of anilines is 1. The van der Waals surface area contributed by atoms with E-state index in [0.717, 1.165) is 30.8 Å². The molecule has 0 radical (unpaired) electrons. The Morgan fingerprint density at radius 2 is 1.80 bits per heavy atom. The molecule has 9 heteroatoms. The number of carbonyl (C=O) groups is 1. The summed E-state index contributed by atoms with van der Waals surface area (Å²) in [6.07, 6.45) is 4.70. The van der Waals surface area contributed by atoms with Crippen LogP contribution in [0, 0.1) is 10.1 Å². The fourth-order valence-electron chi connectivity index (χ4n) is 2.56. The number of ether oxygens (including phenoxy) is 3. The highest BCUT2D eigenvalue weighted by molar-refractivity contribution is 5.69. The van der Waals surface area contributed by atoms with Crippen molar-refractivity contribution in [3.05, 3.63) is 52.7 Å². The summed E-state index contributed by atoms with van der Waals surface area (Å²) >= 11 is 0. The van der Waals surface area contributed by atoms with E-state index in [2.05, 4.69) is 10.3 Å². The number of aromatic nitrogens is 1. The van der Waals surface area contributed by atoms with Crippen LogP contribution in [0.3, 0.4) is 0 Å². The van der Waals surface area contributed by atoms with Crippen LogP contribution < -0.4 is 14.8 Å². The van der Waals surface area contributed by atoms with E-state index in [1.807, 2.05) is 24.3 Å². The van der Waals surface area contributed by atoms with E-state index in [0.29, 0.717) is 38.4 Å². The molecular weight excluding hydrogens is 390 g/mol. The maximum Gasteiger partial charge on any atom is 0.305 e. The van der Waals surface area contributed by atoms with Crippen molar-refractivity contribution < 1.29 is 23.9 Å². The number of rotatable bonds is 14. The first-order valence-corrected chi connectivity index (χ1v) is 9.85. The molecule has 162 valence electrons. The minimum absolute atomic E-state index is 0.0327. The van der Waals surface area contributed by atoms with Gasteiger partial charge in [0, 0.05) is 19.0 Å². The fourth-order valence-corrected chi connectivity index (χ4v) is 2.56. The quantitative estimate of drug-likeness (QED) is 0.212. The van der Waals surface area contributed by atoms with Gasteiger partial charge < -0.3 is 19.5 Å². The molecule has 0 aliphatic carbocycles. The molecule has 1 aromatic carbocycles. The molecule has 1 N–H and O–H groups in total. The second-order valence-electron chi connectivity index (χ2n) is 6.49. The minimum atomic E-state index is -0.480. The molecule has 1 aromatic heterocycles. The second-order valence-corrected chi connectivity index (χ2v) is 6.49. The van der Waals surface area contributed by atoms with Gasteiger partial charge in [0.15, 0.2) is 0 Å². The minimum Gasteiger partial charge on any atom is -0.497 e. The first kappa shape index (κ1) is 22.9. The highest BCUT2D eigenvalue weighted by Crippen LogP contribution is 2.17. The van der Waals surface area contributed by atoms with Crippen LogP contribution in [0.15, 0.2) is 42.6 Å². The number of hydrogen-bond acceptors (Lipinski definition) is 8. The molecule has 0 unspecified atom stereocenters. The monoisotopic (exact) mass is 417 g/mol. The molecule has 30 heavy (non-hydrogen) atoms. The number of hydrogen-bond donors (Lipinski definition) is 1. The lowest BCUT2D eigenvalue weighted by molar-refractivity contribution is -0.385. The summed E-state index contributed by atoms with van der Waals surface area (Å²) in [6, 6.07) is 10.3. The molecule has 0 fully saturated rings. The number of unbranched alkanes of at least 4 members (excludes halogenated alkanes) is 2. The molecule has 1 heterocycles. The number of pyridine rings is 1. The van der Waals surface area contributed by atoms with Gasteiger partial charge in [-0.3, -0.25) is 14.9 Å². The Labute approximate surface area is 175 Å². The molecular formula is C21H27N3O6. The van der Waals surface area contributed by atoms with Crippen molar-refractivity contribution in [3.63, 3.8) is 0 Å². The topological polar surface area (TPSA) is 113 Å². The average molecular weight is 417 g/mol. The molecule has 9 nitrogen and oxygen atoms in total. The zero-order valence-corrected chi connectivity index (χ0v) is 17.0. The third kappa shape index (κ3) is 8.76. The predicted octanol–water partition coefficient (Wildman–Crippen LogP) is 3.98. The Morgan fingerprint density at radius 3 is 2.47 bits per heavy atom. The highest BCUT2D eigenvalue weighted by Gasteiger charge is 2.05. The third-order valence-corrected chi connectivity index (χ3v) is 4.20. The van der Waals surface area contributed by atoms with Crippen LogP contribution in [-0.4, -0.2) is 42.7 Å². The molecule has 0 aliphatic rings. The van der Waals surface area contributed by atoms with Crippen LogP contribution in [0.25, 0.3) is 0 Å². The lowest BCUT2D eigenvalue weighted by Gasteiger charge is -2.08. The zero-order chi connectivity index (χ0) is 21.6. The van der Waals surface area contributed by atoms with E-state index >= 15 is 0 Å². The van der Waals surface area contributed by atoms with Crippen molar-refractivity contribution in [1.82, 2.24) is 4.98 Å². The van der Waals surface area contributed by atoms with E-state index in [4.69, 9.17) is 14.2 Å². The number of methoxy groups -OCH3 is 1. The molecule has 0 saturated heterocycles. The summed E-state index contributed by atoms with van der Waals surface area (Å²) in [7, 11) is 1.61. The van der Waals surface area contributed by atoms with Crippen LogP contribution in [0.5, 0.6) is 11.5 Å². The Kier molecular flexibility index (Phi) is 9.91.